The number of nitrogens with one attached hydrogen (secondary N) is 1. The van der Waals surface area contributed by atoms with E-state index in [1.54, 1.807) is 7.11 Å². The molecule has 0 aliphatic heterocycles. The first-order chi connectivity index (χ1) is 10.1. The summed E-state index contributed by atoms with van der Waals surface area (Å²) in [6.45, 7) is 6.26. The standard InChI is InChI=1S/C16H26BrNO3/c1-4-8-21-16-14(17)9-12(10-15(16)20-3)11-18-7-6-13(19)5-2/h9-10,13,18-19H,4-8,11H2,1-3H3. The predicted molar refractivity (Wildman–Crippen MR) is 89.1 cm³/mol. The molecule has 0 aliphatic rings. The van der Waals surface area contributed by atoms with Crippen LogP contribution in [0.4, 0.5) is 0 Å². The Bertz CT molecular complexity index is 426. The molecule has 0 aromatic heterocycles. The van der Waals surface area contributed by atoms with Crippen LogP contribution in [0.15, 0.2) is 16.6 Å². The van der Waals surface area contributed by atoms with E-state index in [0.29, 0.717) is 6.61 Å². The summed E-state index contributed by atoms with van der Waals surface area (Å²) >= 11 is 3.54. The zero-order valence-electron chi connectivity index (χ0n) is 13.1. The van der Waals surface area contributed by atoms with Crippen LogP contribution in [0.3, 0.4) is 0 Å². The number of halogens is 1. The SMILES string of the molecule is CCCOc1c(Br)cc(CNCCC(O)CC)cc1OC. The Balaban J connectivity index is 2.61. The molecule has 4 nitrogen and oxygen atoms in total. The van der Waals surface area contributed by atoms with Crippen LogP contribution in [0.2, 0.25) is 0 Å². The fraction of sp³-hybridized carbons (Fsp3) is 0.625. The third kappa shape index (κ3) is 6.24. The Morgan fingerprint density at radius 2 is 2.10 bits per heavy atom. The number of ether oxygens (including phenoxy) is 2. The molecule has 0 spiro atoms. The molecule has 21 heavy (non-hydrogen) atoms. The lowest BCUT2D eigenvalue weighted by molar-refractivity contribution is 0.159. The summed E-state index contributed by atoms with van der Waals surface area (Å²) in [5, 5.41) is 12.8. The van der Waals surface area contributed by atoms with Crippen molar-refractivity contribution in [3.8, 4) is 11.5 Å². The van der Waals surface area contributed by atoms with Crippen molar-refractivity contribution in [3.05, 3.63) is 22.2 Å². The number of methoxy groups -OCH3 is 1. The van der Waals surface area contributed by atoms with Gasteiger partial charge in [-0.3, -0.25) is 0 Å². The zero-order valence-corrected chi connectivity index (χ0v) is 14.7. The fourth-order valence-corrected chi connectivity index (χ4v) is 2.53. The van der Waals surface area contributed by atoms with E-state index in [1.165, 1.54) is 0 Å². The van der Waals surface area contributed by atoms with E-state index in [1.807, 2.05) is 19.1 Å². The van der Waals surface area contributed by atoms with E-state index >= 15 is 0 Å². The summed E-state index contributed by atoms with van der Waals surface area (Å²) in [5.74, 6) is 1.49. The molecule has 1 unspecified atom stereocenters. The van der Waals surface area contributed by atoms with Crippen molar-refractivity contribution < 1.29 is 14.6 Å². The van der Waals surface area contributed by atoms with E-state index in [4.69, 9.17) is 9.47 Å². The summed E-state index contributed by atoms with van der Waals surface area (Å²) in [6.07, 6.45) is 2.30. The second-order valence-electron chi connectivity index (χ2n) is 4.99. The van der Waals surface area contributed by atoms with Crippen LogP contribution >= 0.6 is 15.9 Å². The van der Waals surface area contributed by atoms with Gasteiger partial charge in [-0.25, -0.2) is 0 Å². The van der Waals surface area contributed by atoms with Gasteiger partial charge in [0.2, 0.25) is 0 Å². The molecule has 0 radical (unpaired) electrons. The van der Waals surface area contributed by atoms with Crippen LogP contribution in [-0.2, 0) is 6.54 Å². The van der Waals surface area contributed by atoms with E-state index in [2.05, 4.69) is 28.2 Å². The van der Waals surface area contributed by atoms with Gasteiger partial charge in [-0.15, -0.1) is 0 Å². The highest BCUT2D eigenvalue weighted by molar-refractivity contribution is 9.10. The maximum absolute atomic E-state index is 9.52. The van der Waals surface area contributed by atoms with E-state index < -0.39 is 0 Å². The molecule has 1 rings (SSSR count). The monoisotopic (exact) mass is 359 g/mol. The number of benzene rings is 1. The molecule has 0 saturated carbocycles. The summed E-state index contributed by atoms with van der Waals surface area (Å²) in [6, 6.07) is 4.02. The average molecular weight is 360 g/mol. The molecule has 0 fully saturated rings. The third-order valence-electron chi connectivity index (χ3n) is 3.19. The van der Waals surface area contributed by atoms with Crippen LogP contribution in [0, 0.1) is 0 Å². The van der Waals surface area contributed by atoms with E-state index in [-0.39, 0.29) is 6.10 Å². The number of rotatable bonds is 10. The summed E-state index contributed by atoms with van der Waals surface area (Å²) in [4.78, 5) is 0. The molecule has 1 aromatic rings. The summed E-state index contributed by atoms with van der Waals surface area (Å²) in [7, 11) is 1.65. The van der Waals surface area contributed by atoms with Gasteiger partial charge < -0.3 is 19.9 Å². The first-order valence-corrected chi connectivity index (χ1v) is 8.29. The van der Waals surface area contributed by atoms with Crippen LogP contribution in [0.5, 0.6) is 11.5 Å². The van der Waals surface area contributed by atoms with E-state index in [0.717, 1.165) is 53.9 Å². The fourth-order valence-electron chi connectivity index (χ4n) is 1.93. The maximum atomic E-state index is 9.52. The lowest BCUT2D eigenvalue weighted by Gasteiger charge is -2.14. The van der Waals surface area contributed by atoms with Crippen LogP contribution in [0.25, 0.3) is 0 Å². The lowest BCUT2D eigenvalue weighted by Crippen LogP contribution is -2.19. The van der Waals surface area contributed by atoms with Crippen molar-refractivity contribution in [2.45, 2.75) is 45.8 Å². The predicted octanol–water partition coefficient (Wildman–Crippen LogP) is 3.50. The largest absolute Gasteiger partial charge is 0.493 e. The lowest BCUT2D eigenvalue weighted by atomic mass is 10.2. The third-order valence-corrected chi connectivity index (χ3v) is 3.78. The molecular weight excluding hydrogens is 334 g/mol. The van der Waals surface area contributed by atoms with Gasteiger partial charge in [0.1, 0.15) is 0 Å². The zero-order chi connectivity index (χ0) is 15.7. The Morgan fingerprint density at radius 3 is 2.71 bits per heavy atom. The molecule has 120 valence electrons. The maximum Gasteiger partial charge on any atom is 0.175 e. The van der Waals surface area contributed by atoms with Crippen molar-refractivity contribution >= 4 is 15.9 Å². The quantitative estimate of drug-likeness (QED) is 0.627. The Labute approximate surface area is 136 Å². The average Bonchev–Trinajstić information content (AvgIpc) is 2.49. The second kappa shape index (κ2) is 10.0. The first kappa shape index (κ1) is 18.3. The van der Waals surface area contributed by atoms with Crippen LogP contribution in [-0.4, -0.2) is 31.5 Å². The number of hydrogen-bond acceptors (Lipinski definition) is 4. The minimum atomic E-state index is -0.219. The van der Waals surface area contributed by atoms with E-state index in [9.17, 15) is 5.11 Å². The molecule has 0 bridgehead atoms. The molecule has 0 aliphatic carbocycles. The van der Waals surface area contributed by atoms with Gasteiger partial charge in [-0.1, -0.05) is 13.8 Å². The van der Waals surface area contributed by atoms with Crippen molar-refractivity contribution in [1.82, 2.24) is 5.32 Å². The topological polar surface area (TPSA) is 50.7 Å². The molecule has 2 N–H and O–H groups in total. The normalized spacial score (nSPS) is 12.2. The molecule has 5 heteroatoms. The summed E-state index contributed by atoms with van der Waals surface area (Å²) < 4.78 is 12.0. The first-order valence-electron chi connectivity index (χ1n) is 7.50. The molecule has 0 heterocycles. The minimum absolute atomic E-state index is 0.219. The van der Waals surface area contributed by atoms with Gasteiger partial charge in [0.25, 0.3) is 0 Å². The van der Waals surface area contributed by atoms with Gasteiger partial charge in [-0.2, -0.15) is 0 Å². The number of hydrogen-bond donors (Lipinski definition) is 2. The number of aliphatic hydroxyl groups excluding tert-OH is 1. The smallest absolute Gasteiger partial charge is 0.175 e. The highest BCUT2D eigenvalue weighted by Crippen LogP contribution is 2.36. The second-order valence-corrected chi connectivity index (χ2v) is 5.84. The number of aliphatic hydroxyl groups is 1. The molecule has 0 amide bonds. The van der Waals surface area contributed by atoms with Gasteiger partial charge in [0.05, 0.1) is 24.3 Å². The van der Waals surface area contributed by atoms with Crippen molar-refractivity contribution in [2.75, 3.05) is 20.3 Å². The highest BCUT2D eigenvalue weighted by Gasteiger charge is 2.11. The minimum Gasteiger partial charge on any atom is -0.493 e. The van der Waals surface area contributed by atoms with Crippen LogP contribution < -0.4 is 14.8 Å². The van der Waals surface area contributed by atoms with Crippen molar-refractivity contribution in [2.24, 2.45) is 0 Å². The van der Waals surface area contributed by atoms with Gasteiger partial charge in [0.15, 0.2) is 11.5 Å². The van der Waals surface area contributed by atoms with Crippen molar-refractivity contribution in [1.29, 1.82) is 0 Å². The Hall–Kier alpha value is -0.780. The Kier molecular flexibility index (Phi) is 8.73. The molecule has 1 aromatic carbocycles. The van der Waals surface area contributed by atoms with Gasteiger partial charge in [-0.05, 0) is 59.4 Å². The van der Waals surface area contributed by atoms with Crippen molar-refractivity contribution in [3.63, 3.8) is 0 Å². The Morgan fingerprint density at radius 1 is 1.33 bits per heavy atom. The highest BCUT2D eigenvalue weighted by atomic mass is 79.9. The molecule has 1 atom stereocenters. The van der Waals surface area contributed by atoms with Crippen LogP contribution in [0.1, 0.15) is 38.7 Å². The summed E-state index contributed by atoms with van der Waals surface area (Å²) in [5.41, 5.74) is 1.12. The molecular formula is C16H26BrNO3. The van der Waals surface area contributed by atoms with Gasteiger partial charge in [0, 0.05) is 6.54 Å². The molecule has 0 saturated heterocycles. The van der Waals surface area contributed by atoms with Gasteiger partial charge >= 0.3 is 0 Å².